The molecular weight excluding hydrogens is 379 g/mol. The minimum Gasteiger partial charge on any atom is -0.321 e. The van der Waals surface area contributed by atoms with Gasteiger partial charge in [0.1, 0.15) is 5.82 Å². The zero-order valence-electron chi connectivity index (χ0n) is 10.6. The van der Waals surface area contributed by atoms with Crippen LogP contribution in [0.1, 0.15) is 23.0 Å². The van der Waals surface area contributed by atoms with Crippen LogP contribution >= 0.6 is 50.5 Å². The molecule has 0 aliphatic rings. The molecule has 104 valence electrons. The smallest absolute Gasteiger partial charge is 0.128 e. The fraction of sp³-hybridized carbons (Fsp3) is 0.214. The molecule has 0 saturated heterocycles. The molecule has 0 saturated carbocycles. The van der Waals surface area contributed by atoms with Crippen molar-refractivity contribution in [3.8, 4) is 0 Å². The fourth-order valence-electron chi connectivity index (χ4n) is 2.18. The quantitative estimate of drug-likeness (QED) is 0.512. The van der Waals surface area contributed by atoms with Crippen molar-refractivity contribution in [2.24, 2.45) is 0 Å². The molecule has 0 aliphatic carbocycles. The highest BCUT2D eigenvalue weighted by atomic mass is 79.9. The molecule has 0 fully saturated rings. The second-order valence-corrected chi connectivity index (χ2v) is 8.15. The molecule has 0 radical (unpaired) electrons. The Morgan fingerprint density at radius 1 is 1.35 bits per heavy atom. The van der Waals surface area contributed by atoms with E-state index in [0.717, 1.165) is 27.2 Å². The van der Waals surface area contributed by atoms with Crippen LogP contribution in [0.5, 0.6) is 0 Å². The summed E-state index contributed by atoms with van der Waals surface area (Å²) in [6.07, 6.45) is 0. The van der Waals surface area contributed by atoms with Crippen molar-refractivity contribution in [3.63, 3.8) is 0 Å². The van der Waals surface area contributed by atoms with Gasteiger partial charge in [0.05, 0.1) is 26.7 Å². The van der Waals surface area contributed by atoms with Crippen LogP contribution in [0, 0.1) is 0 Å². The summed E-state index contributed by atoms with van der Waals surface area (Å²) in [6.45, 7) is 2.69. The molecule has 2 aromatic heterocycles. The zero-order chi connectivity index (χ0) is 14.3. The van der Waals surface area contributed by atoms with Crippen LogP contribution < -0.4 is 0 Å². The Morgan fingerprint density at radius 3 is 2.80 bits per heavy atom. The molecule has 1 unspecified atom stereocenters. The molecule has 2 nitrogen and oxygen atoms in total. The van der Waals surface area contributed by atoms with Crippen LogP contribution in [0.2, 0.25) is 5.02 Å². The first kappa shape index (κ1) is 14.4. The lowest BCUT2D eigenvalue weighted by Gasteiger charge is -2.09. The number of nitrogens with zero attached hydrogens (tertiary/aromatic N) is 2. The highest BCUT2D eigenvalue weighted by molar-refractivity contribution is 9.11. The summed E-state index contributed by atoms with van der Waals surface area (Å²) in [6, 6.07) is 9.88. The average molecular weight is 390 g/mol. The van der Waals surface area contributed by atoms with Crippen LogP contribution in [0.15, 0.2) is 34.1 Å². The van der Waals surface area contributed by atoms with E-state index >= 15 is 0 Å². The van der Waals surface area contributed by atoms with E-state index in [-0.39, 0.29) is 5.38 Å². The summed E-state index contributed by atoms with van der Waals surface area (Å²) < 4.78 is 3.26. The van der Waals surface area contributed by atoms with E-state index in [1.54, 1.807) is 11.3 Å². The highest BCUT2D eigenvalue weighted by Gasteiger charge is 2.16. The zero-order valence-corrected chi connectivity index (χ0v) is 14.5. The molecule has 0 aliphatic heterocycles. The number of fused-ring (bicyclic) bond motifs is 1. The van der Waals surface area contributed by atoms with Crippen LogP contribution in [0.4, 0.5) is 0 Å². The van der Waals surface area contributed by atoms with E-state index < -0.39 is 0 Å². The van der Waals surface area contributed by atoms with Gasteiger partial charge in [-0.15, -0.1) is 22.9 Å². The Kier molecular flexibility index (Phi) is 4.09. The molecule has 2 heterocycles. The fourth-order valence-corrected chi connectivity index (χ4v) is 3.98. The van der Waals surface area contributed by atoms with Gasteiger partial charge in [0.2, 0.25) is 0 Å². The first-order valence-electron chi connectivity index (χ1n) is 6.08. The summed E-state index contributed by atoms with van der Waals surface area (Å²) in [7, 11) is 0. The van der Waals surface area contributed by atoms with Gasteiger partial charge in [-0.05, 0) is 53.2 Å². The molecular formula is C14H11BrCl2N2S. The van der Waals surface area contributed by atoms with Crippen molar-refractivity contribution < 1.29 is 0 Å². The van der Waals surface area contributed by atoms with Crippen molar-refractivity contribution in [3.05, 3.63) is 49.8 Å². The van der Waals surface area contributed by atoms with E-state index in [1.165, 1.54) is 4.88 Å². The second kappa shape index (κ2) is 5.68. The number of thiophene rings is 1. The summed E-state index contributed by atoms with van der Waals surface area (Å²) >= 11 is 17.6. The van der Waals surface area contributed by atoms with Gasteiger partial charge in [0, 0.05) is 9.90 Å². The van der Waals surface area contributed by atoms with Crippen LogP contribution in [0.3, 0.4) is 0 Å². The van der Waals surface area contributed by atoms with Gasteiger partial charge in [-0.2, -0.15) is 0 Å². The third-order valence-electron chi connectivity index (χ3n) is 3.04. The van der Waals surface area contributed by atoms with Gasteiger partial charge >= 0.3 is 0 Å². The molecule has 1 aromatic carbocycles. The van der Waals surface area contributed by atoms with Gasteiger partial charge in [0.25, 0.3) is 0 Å². The van der Waals surface area contributed by atoms with E-state index in [9.17, 15) is 0 Å². The Morgan fingerprint density at radius 2 is 2.15 bits per heavy atom. The summed E-state index contributed by atoms with van der Waals surface area (Å²) in [5.41, 5.74) is 1.94. The molecule has 0 N–H and O–H groups in total. The molecule has 1 atom stereocenters. The maximum atomic E-state index is 6.27. The Bertz CT molecular complexity index is 764. The molecule has 3 rings (SSSR count). The maximum Gasteiger partial charge on any atom is 0.128 e. The first-order valence-corrected chi connectivity index (χ1v) is 8.51. The number of aromatic nitrogens is 2. The normalized spacial score (nSPS) is 13.0. The van der Waals surface area contributed by atoms with Crippen molar-refractivity contribution in [2.75, 3.05) is 0 Å². The molecule has 20 heavy (non-hydrogen) atoms. The van der Waals surface area contributed by atoms with Gasteiger partial charge in [-0.1, -0.05) is 11.6 Å². The minimum atomic E-state index is -0.149. The molecule has 3 aromatic rings. The van der Waals surface area contributed by atoms with Gasteiger partial charge in [-0.25, -0.2) is 4.98 Å². The summed E-state index contributed by atoms with van der Waals surface area (Å²) in [5, 5.41) is 0.560. The number of hydrogen-bond acceptors (Lipinski definition) is 2. The van der Waals surface area contributed by atoms with E-state index in [4.69, 9.17) is 23.2 Å². The Labute approximate surface area is 139 Å². The van der Waals surface area contributed by atoms with Crippen molar-refractivity contribution >= 4 is 61.5 Å². The lowest BCUT2D eigenvalue weighted by molar-refractivity contribution is 0.750. The molecule has 0 bridgehead atoms. The lowest BCUT2D eigenvalue weighted by Crippen LogP contribution is -2.04. The number of imidazole rings is 1. The second-order valence-electron chi connectivity index (χ2n) is 4.51. The lowest BCUT2D eigenvalue weighted by atomic mass is 10.3. The third-order valence-corrected chi connectivity index (χ3v) is 5.08. The standard InChI is InChI=1S/C14H11BrCl2N2S/c1-8(16)14-18-11-4-2-9(17)6-12(11)19(14)7-10-3-5-13(15)20-10/h2-6,8H,7H2,1H3. The first-order chi connectivity index (χ1) is 9.54. The summed E-state index contributed by atoms with van der Waals surface area (Å²) in [5.74, 6) is 0.869. The van der Waals surface area contributed by atoms with Crippen molar-refractivity contribution in [1.82, 2.24) is 9.55 Å². The Hall–Kier alpha value is -0.550. The van der Waals surface area contributed by atoms with Crippen molar-refractivity contribution in [1.29, 1.82) is 0 Å². The van der Waals surface area contributed by atoms with Crippen LogP contribution in [-0.2, 0) is 6.54 Å². The SMILES string of the molecule is CC(Cl)c1nc2ccc(Cl)cc2n1Cc1ccc(Br)s1. The summed E-state index contributed by atoms with van der Waals surface area (Å²) in [4.78, 5) is 5.87. The monoisotopic (exact) mass is 388 g/mol. The number of rotatable bonds is 3. The number of benzene rings is 1. The van der Waals surface area contributed by atoms with Gasteiger partial charge < -0.3 is 4.57 Å². The molecule has 6 heteroatoms. The molecule has 0 spiro atoms. The third kappa shape index (κ3) is 2.75. The average Bonchev–Trinajstić information content (AvgIpc) is 2.95. The van der Waals surface area contributed by atoms with Crippen molar-refractivity contribution in [2.45, 2.75) is 18.8 Å². The van der Waals surface area contributed by atoms with E-state index in [2.05, 4.69) is 37.6 Å². The number of alkyl halides is 1. The van der Waals surface area contributed by atoms with Gasteiger partial charge in [0.15, 0.2) is 0 Å². The van der Waals surface area contributed by atoms with E-state index in [0.29, 0.717) is 5.02 Å². The number of hydrogen-bond donors (Lipinski definition) is 0. The van der Waals surface area contributed by atoms with Gasteiger partial charge in [-0.3, -0.25) is 0 Å². The minimum absolute atomic E-state index is 0.149. The topological polar surface area (TPSA) is 17.8 Å². The predicted molar refractivity (Wildman–Crippen MR) is 90.1 cm³/mol. The highest BCUT2D eigenvalue weighted by Crippen LogP contribution is 2.29. The largest absolute Gasteiger partial charge is 0.321 e. The molecule has 0 amide bonds. The Balaban J connectivity index is 2.15. The predicted octanol–water partition coefficient (Wildman–Crippen LogP) is 5.86. The van der Waals surface area contributed by atoms with E-state index in [1.807, 2.05) is 25.1 Å². The van der Waals surface area contributed by atoms with Crippen LogP contribution in [-0.4, -0.2) is 9.55 Å². The number of halogens is 3. The maximum absolute atomic E-state index is 6.27. The van der Waals surface area contributed by atoms with Crippen LogP contribution in [0.25, 0.3) is 11.0 Å².